The third kappa shape index (κ3) is 3.87. The van der Waals surface area contributed by atoms with Gasteiger partial charge in [0.2, 0.25) is 0 Å². The quantitative estimate of drug-likeness (QED) is 0.267. The van der Waals surface area contributed by atoms with Gasteiger partial charge in [0.25, 0.3) is 0 Å². The van der Waals surface area contributed by atoms with E-state index < -0.39 is 0 Å². The SMILES string of the molecule is COCCN=C(NN)c1ccc(Cl)cc1. The number of hydrogen-bond acceptors (Lipinski definition) is 3. The van der Waals surface area contributed by atoms with Gasteiger partial charge in [-0.3, -0.25) is 4.99 Å². The van der Waals surface area contributed by atoms with E-state index in [4.69, 9.17) is 22.2 Å². The summed E-state index contributed by atoms with van der Waals surface area (Å²) in [5, 5.41) is 0.687. The summed E-state index contributed by atoms with van der Waals surface area (Å²) in [6, 6.07) is 7.29. The van der Waals surface area contributed by atoms with E-state index in [1.165, 1.54) is 0 Å². The fourth-order valence-electron chi connectivity index (χ4n) is 1.08. The van der Waals surface area contributed by atoms with Crippen LogP contribution in [0.25, 0.3) is 0 Å². The summed E-state index contributed by atoms with van der Waals surface area (Å²) >= 11 is 5.77. The van der Waals surface area contributed by atoms with Gasteiger partial charge in [0.1, 0.15) is 5.84 Å². The Hall–Kier alpha value is -1.10. The molecule has 4 nitrogen and oxygen atoms in total. The molecule has 3 N–H and O–H groups in total. The van der Waals surface area contributed by atoms with Gasteiger partial charge in [-0.15, -0.1) is 0 Å². The van der Waals surface area contributed by atoms with E-state index in [9.17, 15) is 0 Å². The molecule has 0 saturated heterocycles. The van der Waals surface area contributed by atoms with Gasteiger partial charge in [0.15, 0.2) is 0 Å². The molecule has 0 bridgehead atoms. The van der Waals surface area contributed by atoms with Crippen molar-refractivity contribution in [2.24, 2.45) is 10.8 Å². The van der Waals surface area contributed by atoms with Gasteiger partial charge < -0.3 is 10.2 Å². The molecule has 0 heterocycles. The Morgan fingerprint density at radius 3 is 2.67 bits per heavy atom. The lowest BCUT2D eigenvalue weighted by Crippen LogP contribution is -2.31. The number of nitrogens with one attached hydrogen (secondary N) is 1. The van der Waals surface area contributed by atoms with Crippen molar-refractivity contribution in [1.82, 2.24) is 5.43 Å². The van der Waals surface area contributed by atoms with Gasteiger partial charge in [0.05, 0.1) is 13.2 Å². The van der Waals surface area contributed by atoms with Crippen LogP contribution < -0.4 is 11.3 Å². The molecule has 0 radical (unpaired) electrons. The molecule has 0 fully saturated rings. The normalized spacial score (nSPS) is 11.5. The molecule has 0 aliphatic carbocycles. The van der Waals surface area contributed by atoms with Crippen LogP contribution in [0.15, 0.2) is 29.3 Å². The zero-order valence-corrected chi connectivity index (χ0v) is 9.29. The van der Waals surface area contributed by atoms with Crippen molar-refractivity contribution in [3.63, 3.8) is 0 Å². The maximum absolute atomic E-state index is 5.77. The van der Waals surface area contributed by atoms with Gasteiger partial charge in [-0.05, 0) is 24.3 Å². The van der Waals surface area contributed by atoms with Crippen LogP contribution in [0.3, 0.4) is 0 Å². The van der Waals surface area contributed by atoms with Gasteiger partial charge in [0, 0.05) is 17.7 Å². The first-order chi connectivity index (χ1) is 7.27. The number of methoxy groups -OCH3 is 1. The summed E-state index contributed by atoms with van der Waals surface area (Å²) < 4.78 is 4.89. The highest BCUT2D eigenvalue weighted by atomic mass is 35.5. The molecule has 0 unspecified atom stereocenters. The van der Waals surface area contributed by atoms with Crippen molar-refractivity contribution in [3.8, 4) is 0 Å². The van der Waals surface area contributed by atoms with E-state index in [2.05, 4.69) is 10.4 Å². The number of rotatable bonds is 4. The van der Waals surface area contributed by atoms with Crippen molar-refractivity contribution in [2.75, 3.05) is 20.3 Å². The maximum Gasteiger partial charge on any atom is 0.142 e. The second-order valence-corrected chi connectivity index (χ2v) is 3.31. The van der Waals surface area contributed by atoms with E-state index in [0.29, 0.717) is 24.0 Å². The number of ether oxygens (including phenoxy) is 1. The zero-order valence-electron chi connectivity index (χ0n) is 8.53. The van der Waals surface area contributed by atoms with Crippen LogP contribution in [0.5, 0.6) is 0 Å². The minimum Gasteiger partial charge on any atom is -0.383 e. The summed E-state index contributed by atoms with van der Waals surface area (Å²) in [5.41, 5.74) is 3.45. The summed E-state index contributed by atoms with van der Waals surface area (Å²) in [5.74, 6) is 6.00. The van der Waals surface area contributed by atoms with Crippen LogP contribution in [0, 0.1) is 0 Å². The van der Waals surface area contributed by atoms with E-state index in [1.807, 2.05) is 12.1 Å². The topological polar surface area (TPSA) is 59.6 Å². The Balaban J connectivity index is 2.73. The van der Waals surface area contributed by atoms with E-state index in [0.717, 1.165) is 5.56 Å². The Bertz CT molecular complexity index is 324. The Morgan fingerprint density at radius 1 is 1.47 bits per heavy atom. The minimum absolute atomic E-state index is 0.568. The molecule has 5 heteroatoms. The third-order valence-corrected chi connectivity index (χ3v) is 2.07. The lowest BCUT2D eigenvalue weighted by molar-refractivity contribution is 0.208. The largest absolute Gasteiger partial charge is 0.383 e. The van der Waals surface area contributed by atoms with Crippen molar-refractivity contribution in [2.45, 2.75) is 0 Å². The first-order valence-electron chi connectivity index (χ1n) is 4.54. The van der Waals surface area contributed by atoms with Crippen LogP contribution in [-0.4, -0.2) is 26.1 Å². The molecule has 1 aromatic rings. The molecule has 15 heavy (non-hydrogen) atoms. The van der Waals surface area contributed by atoms with Gasteiger partial charge in [-0.1, -0.05) is 11.6 Å². The number of benzene rings is 1. The third-order valence-electron chi connectivity index (χ3n) is 1.82. The molecular weight excluding hydrogens is 214 g/mol. The van der Waals surface area contributed by atoms with Gasteiger partial charge in [-0.25, -0.2) is 5.84 Å². The Kier molecular flexibility index (Phi) is 5.10. The Labute approximate surface area is 94.1 Å². The van der Waals surface area contributed by atoms with Crippen LogP contribution in [0.4, 0.5) is 0 Å². The standard InChI is InChI=1S/C10H14ClN3O/c1-15-7-6-13-10(14-12)8-2-4-9(11)5-3-8/h2-5H,6-7,12H2,1H3,(H,13,14). The molecule has 82 valence electrons. The summed E-state index contributed by atoms with van der Waals surface area (Å²) in [6.07, 6.45) is 0. The lowest BCUT2D eigenvalue weighted by atomic mass is 10.2. The fourth-order valence-corrected chi connectivity index (χ4v) is 1.20. The molecular formula is C10H14ClN3O. The average molecular weight is 228 g/mol. The number of hydrogen-bond donors (Lipinski definition) is 2. The Morgan fingerprint density at radius 2 is 2.13 bits per heavy atom. The van der Waals surface area contributed by atoms with Gasteiger partial charge >= 0.3 is 0 Å². The highest BCUT2D eigenvalue weighted by molar-refractivity contribution is 6.30. The summed E-state index contributed by atoms with van der Waals surface area (Å²) in [7, 11) is 1.63. The van der Waals surface area contributed by atoms with Crippen LogP contribution in [0.2, 0.25) is 5.02 Å². The van der Waals surface area contributed by atoms with Crippen LogP contribution >= 0.6 is 11.6 Å². The van der Waals surface area contributed by atoms with Crippen molar-refractivity contribution >= 4 is 17.4 Å². The number of halogens is 1. The average Bonchev–Trinajstić information content (AvgIpc) is 2.26. The minimum atomic E-state index is 0.568. The molecule has 1 rings (SSSR count). The molecule has 0 aliphatic rings. The molecule has 0 atom stereocenters. The molecule has 0 saturated carbocycles. The van der Waals surface area contributed by atoms with Crippen molar-refractivity contribution < 1.29 is 4.74 Å². The van der Waals surface area contributed by atoms with Crippen LogP contribution in [-0.2, 0) is 4.74 Å². The number of amidine groups is 1. The second kappa shape index (κ2) is 6.40. The summed E-state index contributed by atoms with van der Waals surface area (Å²) in [4.78, 5) is 4.24. The van der Waals surface area contributed by atoms with Crippen LogP contribution in [0.1, 0.15) is 5.56 Å². The molecule has 0 spiro atoms. The lowest BCUT2D eigenvalue weighted by Gasteiger charge is -2.05. The fraction of sp³-hybridized carbons (Fsp3) is 0.300. The highest BCUT2D eigenvalue weighted by Gasteiger charge is 2.00. The number of hydrazine groups is 1. The first-order valence-corrected chi connectivity index (χ1v) is 4.91. The number of nitrogens with zero attached hydrogens (tertiary/aromatic N) is 1. The number of aliphatic imine (C=N–C) groups is 1. The van der Waals surface area contributed by atoms with E-state index in [1.54, 1.807) is 19.2 Å². The smallest absolute Gasteiger partial charge is 0.142 e. The maximum atomic E-state index is 5.77. The second-order valence-electron chi connectivity index (χ2n) is 2.87. The molecule has 1 aromatic carbocycles. The molecule has 0 aliphatic heterocycles. The molecule has 0 aromatic heterocycles. The van der Waals surface area contributed by atoms with Crippen molar-refractivity contribution in [3.05, 3.63) is 34.9 Å². The van der Waals surface area contributed by atoms with E-state index in [-0.39, 0.29) is 0 Å². The highest BCUT2D eigenvalue weighted by Crippen LogP contribution is 2.09. The van der Waals surface area contributed by atoms with E-state index >= 15 is 0 Å². The molecule has 0 amide bonds. The first kappa shape index (κ1) is 12.0. The summed E-state index contributed by atoms with van der Waals surface area (Å²) in [6.45, 7) is 1.14. The zero-order chi connectivity index (χ0) is 11.1. The van der Waals surface area contributed by atoms with Gasteiger partial charge in [-0.2, -0.15) is 0 Å². The monoisotopic (exact) mass is 227 g/mol. The van der Waals surface area contributed by atoms with Crippen molar-refractivity contribution in [1.29, 1.82) is 0 Å². The predicted molar refractivity (Wildman–Crippen MR) is 62.1 cm³/mol. The predicted octanol–water partition coefficient (Wildman–Crippen LogP) is 1.20. The number of nitrogens with two attached hydrogens (primary N) is 1.